The number of ether oxygens (including phenoxy) is 1. The predicted octanol–water partition coefficient (Wildman–Crippen LogP) is 1.80. The van der Waals surface area contributed by atoms with Crippen LogP contribution in [0.1, 0.15) is 48.2 Å². The number of rotatable bonds is 7. The van der Waals surface area contributed by atoms with Crippen molar-refractivity contribution in [3.05, 3.63) is 17.5 Å². The molecule has 21 heavy (non-hydrogen) atoms. The number of nitrogens with zero attached hydrogens (tertiary/aromatic N) is 2. The number of aromatic nitrogens is 2. The Morgan fingerprint density at radius 3 is 2.86 bits per heavy atom. The van der Waals surface area contributed by atoms with E-state index in [0.29, 0.717) is 18.0 Å². The molecule has 1 heterocycles. The summed E-state index contributed by atoms with van der Waals surface area (Å²) < 4.78 is 7.01. The molecule has 1 aliphatic rings. The molecule has 0 aromatic carbocycles. The van der Waals surface area contributed by atoms with Crippen molar-refractivity contribution < 1.29 is 14.6 Å². The third-order valence-corrected chi connectivity index (χ3v) is 4.36. The minimum absolute atomic E-state index is 0.204. The molecule has 1 aromatic rings. The number of methoxy groups -OCH3 is 1. The van der Waals surface area contributed by atoms with Crippen molar-refractivity contribution in [1.29, 1.82) is 0 Å². The van der Waals surface area contributed by atoms with Crippen molar-refractivity contribution in [1.82, 2.24) is 15.1 Å². The average Bonchev–Trinajstić information content (AvgIpc) is 2.85. The van der Waals surface area contributed by atoms with E-state index < -0.39 is 5.97 Å². The summed E-state index contributed by atoms with van der Waals surface area (Å²) in [6.45, 7) is 1.25. The van der Waals surface area contributed by atoms with Gasteiger partial charge in [-0.3, -0.25) is 4.68 Å². The number of carboxylic acids is 1. The molecule has 6 heteroatoms. The maximum atomic E-state index is 11.2. The van der Waals surface area contributed by atoms with Crippen LogP contribution in [0.5, 0.6) is 0 Å². The Labute approximate surface area is 125 Å². The van der Waals surface area contributed by atoms with Crippen LogP contribution in [0.25, 0.3) is 0 Å². The van der Waals surface area contributed by atoms with Crippen LogP contribution in [-0.4, -0.2) is 40.6 Å². The van der Waals surface area contributed by atoms with Gasteiger partial charge in [0.25, 0.3) is 0 Å². The number of aryl methyl sites for hydroxylation is 1. The van der Waals surface area contributed by atoms with Crippen LogP contribution in [-0.2, 0) is 18.3 Å². The lowest BCUT2D eigenvalue weighted by molar-refractivity contribution is 0.0366. The summed E-state index contributed by atoms with van der Waals surface area (Å²) in [6.07, 6.45) is 8.18. The van der Waals surface area contributed by atoms with Gasteiger partial charge in [0, 0.05) is 32.8 Å². The molecule has 0 bridgehead atoms. The summed E-state index contributed by atoms with van der Waals surface area (Å²) in [5.74, 6) is -0.327. The van der Waals surface area contributed by atoms with Gasteiger partial charge in [0.15, 0.2) is 0 Å². The van der Waals surface area contributed by atoms with E-state index in [0.717, 1.165) is 6.54 Å². The molecular weight excluding hydrogens is 270 g/mol. The second-order valence-electron chi connectivity index (χ2n) is 5.75. The van der Waals surface area contributed by atoms with Gasteiger partial charge in [-0.25, -0.2) is 4.79 Å². The average molecular weight is 295 g/mol. The molecule has 1 unspecified atom stereocenters. The van der Waals surface area contributed by atoms with Crippen LogP contribution >= 0.6 is 0 Å². The summed E-state index contributed by atoms with van der Waals surface area (Å²) in [7, 11) is 3.40. The molecule has 0 radical (unpaired) electrons. The molecule has 2 N–H and O–H groups in total. The standard InChI is InChI=1S/C15H25N3O3/c1-18-14(15(19)20)12(9-17-18)8-16-10-13(21-2)11-6-4-3-5-7-11/h9,11,13,16H,3-8,10H2,1-2H3,(H,19,20). The van der Waals surface area contributed by atoms with Gasteiger partial charge in [-0.1, -0.05) is 19.3 Å². The molecule has 1 aromatic heterocycles. The number of carboxylic acid groups (broad SMARTS) is 1. The van der Waals surface area contributed by atoms with Crippen LogP contribution in [0.4, 0.5) is 0 Å². The SMILES string of the molecule is COC(CNCc1cnn(C)c1C(=O)O)C1CCCCC1. The molecule has 1 fully saturated rings. The number of aromatic carboxylic acids is 1. The minimum Gasteiger partial charge on any atom is -0.477 e. The number of hydrogen-bond acceptors (Lipinski definition) is 4. The normalized spacial score (nSPS) is 17.8. The highest BCUT2D eigenvalue weighted by Gasteiger charge is 2.23. The van der Waals surface area contributed by atoms with Crippen molar-refractivity contribution in [3.8, 4) is 0 Å². The molecule has 0 saturated heterocycles. The van der Waals surface area contributed by atoms with Crippen molar-refractivity contribution in [2.75, 3.05) is 13.7 Å². The Kier molecular flexibility index (Phi) is 5.76. The van der Waals surface area contributed by atoms with E-state index in [1.165, 1.54) is 36.8 Å². The van der Waals surface area contributed by atoms with Crippen LogP contribution in [0.3, 0.4) is 0 Å². The molecule has 6 nitrogen and oxygen atoms in total. The second kappa shape index (κ2) is 7.56. The fourth-order valence-electron chi connectivity index (χ4n) is 3.19. The quantitative estimate of drug-likeness (QED) is 0.802. The zero-order valence-corrected chi connectivity index (χ0v) is 12.8. The maximum Gasteiger partial charge on any atom is 0.354 e. The molecule has 1 saturated carbocycles. The minimum atomic E-state index is -0.942. The Hall–Kier alpha value is -1.40. The third-order valence-electron chi connectivity index (χ3n) is 4.36. The van der Waals surface area contributed by atoms with Crippen molar-refractivity contribution in [3.63, 3.8) is 0 Å². The first kappa shape index (κ1) is 16.0. The predicted molar refractivity (Wildman–Crippen MR) is 79.2 cm³/mol. The highest BCUT2D eigenvalue weighted by atomic mass is 16.5. The maximum absolute atomic E-state index is 11.2. The third kappa shape index (κ3) is 4.04. The summed E-state index contributed by atoms with van der Waals surface area (Å²) in [4.78, 5) is 11.2. The van der Waals surface area contributed by atoms with Gasteiger partial charge < -0.3 is 15.2 Å². The van der Waals surface area contributed by atoms with E-state index in [2.05, 4.69) is 10.4 Å². The molecule has 1 aliphatic carbocycles. The van der Waals surface area contributed by atoms with Gasteiger partial charge in [0.1, 0.15) is 5.69 Å². The topological polar surface area (TPSA) is 76.4 Å². The number of hydrogen-bond donors (Lipinski definition) is 2. The first-order chi connectivity index (χ1) is 10.1. The van der Waals surface area contributed by atoms with Gasteiger partial charge in [0.05, 0.1) is 12.3 Å². The van der Waals surface area contributed by atoms with Crippen LogP contribution in [0, 0.1) is 5.92 Å². The number of nitrogens with one attached hydrogen (secondary N) is 1. The van der Waals surface area contributed by atoms with Gasteiger partial charge in [0.2, 0.25) is 0 Å². The zero-order valence-electron chi connectivity index (χ0n) is 12.8. The van der Waals surface area contributed by atoms with Crippen molar-refractivity contribution in [2.45, 2.75) is 44.8 Å². The van der Waals surface area contributed by atoms with E-state index in [1.807, 2.05) is 0 Å². The molecule has 0 amide bonds. The van der Waals surface area contributed by atoms with E-state index in [1.54, 1.807) is 20.4 Å². The molecule has 0 aliphatic heterocycles. The van der Waals surface area contributed by atoms with Gasteiger partial charge >= 0.3 is 5.97 Å². The van der Waals surface area contributed by atoms with Gasteiger partial charge in [-0.05, 0) is 18.8 Å². The Morgan fingerprint density at radius 1 is 1.52 bits per heavy atom. The highest BCUT2D eigenvalue weighted by Crippen LogP contribution is 2.27. The van der Waals surface area contributed by atoms with Crippen molar-refractivity contribution >= 4 is 5.97 Å². The van der Waals surface area contributed by atoms with Gasteiger partial charge in [-0.2, -0.15) is 5.10 Å². The number of carbonyl (C=O) groups is 1. The molecule has 118 valence electrons. The Morgan fingerprint density at radius 2 is 2.24 bits per heavy atom. The highest BCUT2D eigenvalue weighted by molar-refractivity contribution is 5.87. The second-order valence-corrected chi connectivity index (χ2v) is 5.75. The summed E-state index contributed by atoms with van der Waals surface area (Å²) >= 11 is 0. The molecule has 1 atom stereocenters. The lowest BCUT2D eigenvalue weighted by Gasteiger charge is -2.29. The Bertz CT molecular complexity index is 467. The fraction of sp³-hybridized carbons (Fsp3) is 0.733. The first-order valence-corrected chi connectivity index (χ1v) is 7.61. The first-order valence-electron chi connectivity index (χ1n) is 7.61. The fourth-order valence-corrected chi connectivity index (χ4v) is 3.19. The van der Waals surface area contributed by atoms with Gasteiger partial charge in [-0.15, -0.1) is 0 Å². The molecular formula is C15H25N3O3. The summed E-state index contributed by atoms with van der Waals surface area (Å²) in [5, 5.41) is 16.5. The van der Waals surface area contributed by atoms with E-state index >= 15 is 0 Å². The van der Waals surface area contributed by atoms with Crippen LogP contribution in [0.15, 0.2) is 6.20 Å². The van der Waals surface area contributed by atoms with Crippen molar-refractivity contribution in [2.24, 2.45) is 13.0 Å². The molecule has 2 rings (SSSR count). The Balaban J connectivity index is 1.86. The largest absolute Gasteiger partial charge is 0.477 e. The summed E-state index contributed by atoms with van der Waals surface area (Å²) in [5.41, 5.74) is 0.956. The van der Waals surface area contributed by atoms with E-state index in [9.17, 15) is 9.90 Å². The van der Waals surface area contributed by atoms with Crippen LogP contribution < -0.4 is 5.32 Å². The lowest BCUT2D eigenvalue weighted by Crippen LogP contribution is -2.35. The lowest BCUT2D eigenvalue weighted by atomic mass is 9.85. The zero-order chi connectivity index (χ0) is 15.2. The monoisotopic (exact) mass is 295 g/mol. The van der Waals surface area contributed by atoms with Crippen LogP contribution in [0.2, 0.25) is 0 Å². The summed E-state index contributed by atoms with van der Waals surface area (Å²) in [6, 6.07) is 0. The van der Waals surface area contributed by atoms with E-state index in [-0.39, 0.29) is 11.8 Å². The molecule has 0 spiro atoms. The van der Waals surface area contributed by atoms with E-state index in [4.69, 9.17) is 4.74 Å². The smallest absolute Gasteiger partial charge is 0.354 e.